The fourth-order valence-corrected chi connectivity index (χ4v) is 2.86. The molecule has 0 saturated carbocycles. The van der Waals surface area contributed by atoms with Crippen molar-refractivity contribution in [3.63, 3.8) is 0 Å². The number of hydrogen-bond acceptors (Lipinski definition) is 7. The Labute approximate surface area is 143 Å². The van der Waals surface area contributed by atoms with E-state index in [1.165, 1.54) is 0 Å². The number of ether oxygens (including phenoxy) is 1. The number of para-hydroxylation sites is 1. The van der Waals surface area contributed by atoms with Crippen molar-refractivity contribution in [2.75, 3.05) is 17.7 Å². The van der Waals surface area contributed by atoms with Crippen LogP contribution >= 0.6 is 0 Å². The van der Waals surface area contributed by atoms with E-state index in [1.54, 1.807) is 7.11 Å². The van der Waals surface area contributed by atoms with Gasteiger partial charge in [-0.25, -0.2) is 9.98 Å². The van der Waals surface area contributed by atoms with E-state index >= 15 is 0 Å². The first-order valence-electron chi connectivity index (χ1n) is 7.65. The zero-order valence-corrected chi connectivity index (χ0v) is 13.4. The molecule has 0 radical (unpaired) electrons. The van der Waals surface area contributed by atoms with Crippen LogP contribution in [0.15, 0.2) is 58.5 Å². The number of amides is 1. The summed E-state index contributed by atoms with van der Waals surface area (Å²) < 4.78 is 5.14. The standard InChI is InChI=1S/C17H16N6O2/c1-25-11-8-6-10(7-9-11)19-16-21-15(18)22-17(23-16)12-4-2-3-5-13(12)20-14(17)24/h2-9H,1H3,(H,20,24)(H4,18,19,21,22,23)/t17-/m0/s1. The molecule has 2 aliphatic heterocycles. The second-order valence-electron chi connectivity index (χ2n) is 5.61. The third-order valence-electron chi connectivity index (χ3n) is 4.02. The SMILES string of the molecule is COc1ccc(NC2=N[C@]3(N=C(N)N2)C(=O)Nc2ccccc23)cc1. The van der Waals surface area contributed by atoms with E-state index in [2.05, 4.69) is 25.9 Å². The highest BCUT2D eigenvalue weighted by molar-refractivity contribution is 6.13. The van der Waals surface area contributed by atoms with Crippen molar-refractivity contribution in [1.82, 2.24) is 5.32 Å². The Kier molecular flexibility index (Phi) is 3.31. The number of guanidine groups is 2. The average Bonchev–Trinajstić information content (AvgIpc) is 2.87. The van der Waals surface area contributed by atoms with E-state index in [9.17, 15) is 4.79 Å². The molecule has 4 rings (SSSR count). The monoisotopic (exact) mass is 336 g/mol. The number of anilines is 2. The van der Waals surface area contributed by atoms with E-state index in [1.807, 2.05) is 48.5 Å². The molecule has 8 nitrogen and oxygen atoms in total. The van der Waals surface area contributed by atoms with Crippen LogP contribution in [-0.4, -0.2) is 24.9 Å². The minimum atomic E-state index is -1.42. The highest BCUT2D eigenvalue weighted by atomic mass is 16.5. The largest absolute Gasteiger partial charge is 0.497 e. The lowest BCUT2D eigenvalue weighted by molar-refractivity contribution is -0.120. The van der Waals surface area contributed by atoms with E-state index in [4.69, 9.17) is 10.5 Å². The molecule has 8 heteroatoms. The first-order valence-corrected chi connectivity index (χ1v) is 7.65. The Balaban J connectivity index is 1.71. The lowest BCUT2D eigenvalue weighted by atomic mass is 10.0. The number of rotatable bonds is 2. The van der Waals surface area contributed by atoms with E-state index in [0.717, 1.165) is 11.4 Å². The molecule has 25 heavy (non-hydrogen) atoms. The van der Waals surface area contributed by atoms with Crippen LogP contribution in [0.5, 0.6) is 5.75 Å². The maximum absolute atomic E-state index is 12.6. The number of methoxy groups -OCH3 is 1. The number of carbonyl (C=O) groups excluding carboxylic acids is 1. The second-order valence-corrected chi connectivity index (χ2v) is 5.61. The number of nitrogens with two attached hydrogens (primary N) is 1. The van der Waals surface area contributed by atoms with Gasteiger partial charge in [-0.2, -0.15) is 0 Å². The van der Waals surface area contributed by atoms with Crippen LogP contribution in [0.3, 0.4) is 0 Å². The Morgan fingerprint density at radius 1 is 1.08 bits per heavy atom. The van der Waals surface area contributed by atoms with Gasteiger partial charge in [0.2, 0.25) is 5.96 Å². The molecule has 1 amide bonds. The van der Waals surface area contributed by atoms with Crippen LogP contribution < -0.4 is 26.4 Å². The van der Waals surface area contributed by atoms with Gasteiger partial charge in [0.25, 0.3) is 11.6 Å². The summed E-state index contributed by atoms with van der Waals surface area (Å²) in [5.41, 5.74) is 6.61. The normalized spacial score (nSPS) is 20.9. The molecule has 0 aliphatic carbocycles. The summed E-state index contributed by atoms with van der Waals surface area (Å²) in [6.45, 7) is 0. The summed E-state index contributed by atoms with van der Waals surface area (Å²) in [7, 11) is 1.60. The van der Waals surface area contributed by atoms with Crippen LogP contribution in [0.4, 0.5) is 11.4 Å². The smallest absolute Gasteiger partial charge is 0.280 e. The van der Waals surface area contributed by atoms with Gasteiger partial charge in [-0.05, 0) is 30.3 Å². The summed E-state index contributed by atoms with van der Waals surface area (Å²) in [6.07, 6.45) is 0. The van der Waals surface area contributed by atoms with E-state index in [-0.39, 0.29) is 11.9 Å². The van der Waals surface area contributed by atoms with Crippen molar-refractivity contribution in [2.24, 2.45) is 15.7 Å². The highest BCUT2D eigenvalue weighted by Gasteiger charge is 2.49. The van der Waals surface area contributed by atoms with Crippen molar-refractivity contribution < 1.29 is 9.53 Å². The number of aliphatic imine (C=N–C) groups is 2. The minimum absolute atomic E-state index is 0.109. The van der Waals surface area contributed by atoms with Crippen molar-refractivity contribution >= 4 is 29.2 Å². The van der Waals surface area contributed by atoms with Crippen molar-refractivity contribution in [1.29, 1.82) is 0 Å². The van der Waals surface area contributed by atoms with Crippen LogP contribution in [0, 0.1) is 0 Å². The van der Waals surface area contributed by atoms with Gasteiger partial charge in [-0.15, -0.1) is 0 Å². The van der Waals surface area contributed by atoms with Gasteiger partial charge in [0.15, 0.2) is 5.96 Å². The summed E-state index contributed by atoms with van der Waals surface area (Å²) in [6, 6.07) is 14.6. The molecule has 1 atom stereocenters. The molecule has 2 heterocycles. The van der Waals surface area contributed by atoms with E-state index in [0.29, 0.717) is 17.2 Å². The molecule has 2 aliphatic rings. The van der Waals surface area contributed by atoms with Gasteiger partial charge in [-0.1, -0.05) is 18.2 Å². The first-order chi connectivity index (χ1) is 12.1. The maximum Gasteiger partial charge on any atom is 0.280 e. The van der Waals surface area contributed by atoms with Crippen LogP contribution in [0.25, 0.3) is 0 Å². The number of hydrogen-bond donors (Lipinski definition) is 4. The molecule has 0 aromatic heterocycles. The molecule has 0 unspecified atom stereocenters. The van der Waals surface area contributed by atoms with E-state index < -0.39 is 5.66 Å². The number of carbonyl (C=O) groups is 1. The molecule has 0 fully saturated rings. The van der Waals surface area contributed by atoms with Crippen LogP contribution in [-0.2, 0) is 10.5 Å². The van der Waals surface area contributed by atoms with Crippen LogP contribution in [0.1, 0.15) is 5.56 Å². The fourth-order valence-electron chi connectivity index (χ4n) is 2.86. The summed E-state index contributed by atoms with van der Waals surface area (Å²) in [4.78, 5) is 21.4. The molecule has 126 valence electrons. The van der Waals surface area contributed by atoms with Crippen LogP contribution in [0.2, 0.25) is 0 Å². The topological polar surface area (TPSA) is 113 Å². The van der Waals surface area contributed by atoms with Gasteiger partial charge in [0.1, 0.15) is 5.75 Å². The Morgan fingerprint density at radius 2 is 1.84 bits per heavy atom. The molecule has 2 aromatic carbocycles. The Hall–Kier alpha value is -3.55. The molecule has 1 spiro atoms. The minimum Gasteiger partial charge on any atom is -0.497 e. The number of nitrogens with one attached hydrogen (secondary N) is 3. The highest BCUT2D eigenvalue weighted by Crippen LogP contribution is 2.40. The molecular weight excluding hydrogens is 320 g/mol. The lowest BCUT2D eigenvalue weighted by Gasteiger charge is -2.26. The van der Waals surface area contributed by atoms with Crippen molar-refractivity contribution in [3.8, 4) is 5.75 Å². The predicted molar refractivity (Wildman–Crippen MR) is 95.6 cm³/mol. The van der Waals surface area contributed by atoms with Gasteiger partial charge in [0.05, 0.1) is 7.11 Å². The number of fused-ring (bicyclic) bond motifs is 2. The first kappa shape index (κ1) is 15.0. The van der Waals surface area contributed by atoms with Gasteiger partial charge < -0.3 is 21.1 Å². The zero-order valence-electron chi connectivity index (χ0n) is 13.4. The number of benzene rings is 2. The zero-order chi connectivity index (χ0) is 17.4. The summed E-state index contributed by atoms with van der Waals surface area (Å²) >= 11 is 0. The molecule has 0 bridgehead atoms. The summed E-state index contributed by atoms with van der Waals surface area (Å²) in [5, 5.41) is 8.76. The van der Waals surface area contributed by atoms with Gasteiger partial charge in [-0.3, -0.25) is 10.1 Å². The van der Waals surface area contributed by atoms with Crippen molar-refractivity contribution in [3.05, 3.63) is 54.1 Å². The fraction of sp³-hybridized carbons (Fsp3) is 0.118. The molecule has 2 aromatic rings. The second kappa shape index (κ2) is 5.52. The van der Waals surface area contributed by atoms with Crippen molar-refractivity contribution in [2.45, 2.75) is 5.66 Å². The molecule has 5 N–H and O–H groups in total. The average molecular weight is 336 g/mol. The lowest BCUT2D eigenvalue weighted by Crippen LogP contribution is -2.49. The Bertz CT molecular complexity index is 906. The van der Waals surface area contributed by atoms with Gasteiger partial charge >= 0.3 is 0 Å². The molecule has 0 saturated heterocycles. The number of nitrogens with zero attached hydrogens (tertiary/aromatic N) is 2. The quantitative estimate of drug-likeness (QED) is 0.658. The third kappa shape index (κ3) is 2.44. The maximum atomic E-state index is 12.6. The molecular formula is C17H16N6O2. The predicted octanol–water partition coefficient (Wildman–Crippen LogP) is 1.19. The Morgan fingerprint density at radius 3 is 2.60 bits per heavy atom. The third-order valence-corrected chi connectivity index (χ3v) is 4.02. The van der Waals surface area contributed by atoms with Gasteiger partial charge in [0, 0.05) is 16.9 Å². The summed E-state index contributed by atoms with van der Waals surface area (Å²) in [5.74, 6) is 0.848.